The van der Waals surface area contributed by atoms with Gasteiger partial charge < -0.3 is 10.6 Å². The standard InChI is InChI=1S/C15H26N4/c16-14(17)18-1-3-19(4-2-18)15-8-11-5-12(9-15)7-13(6-11)10-15/h11-13H,1-10H2,(H3,16,17). The van der Waals surface area contributed by atoms with Gasteiger partial charge >= 0.3 is 0 Å². The van der Waals surface area contributed by atoms with Gasteiger partial charge in [0, 0.05) is 31.7 Å². The van der Waals surface area contributed by atoms with Crippen molar-refractivity contribution in [2.45, 2.75) is 44.1 Å². The van der Waals surface area contributed by atoms with E-state index in [-0.39, 0.29) is 5.96 Å². The molecule has 0 atom stereocenters. The van der Waals surface area contributed by atoms with Gasteiger partial charge in [0.2, 0.25) is 0 Å². The Morgan fingerprint density at radius 2 is 1.37 bits per heavy atom. The number of nitrogens with one attached hydrogen (secondary N) is 1. The van der Waals surface area contributed by atoms with Crippen LogP contribution in [0.4, 0.5) is 0 Å². The molecule has 0 unspecified atom stereocenters. The predicted octanol–water partition coefficient (Wildman–Crippen LogP) is 1.47. The van der Waals surface area contributed by atoms with Gasteiger partial charge in [-0.3, -0.25) is 10.3 Å². The molecule has 19 heavy (non-hydrogen) atoms. The quantitative estimate of drug-likeness (QED) is 0.556. The lowest BCUT2D eigenvalue weighted by Crippen LogP contribution is -2.64. The molecule has 4 saturated carbocycles. The molecule has 5 fully saturated rings. The van der Waals surface area contributed by atoms with E-state index >= 15 is 0 Å². The molecule has 106 valence electrons. The van der Waals surface area contributed by atoms with Crippen LogP contribution < -0.4 is 5.73 Å². The molecule has 1 heterocycles. The van der Waals surface area contributed by atoms with E-state index in [4.69, 9.17) is 11.1 Å². The second-order valence-electron chi connectivity index (χ2n) is 7.50. The van der Waals surface area contributed by atoms with Crippen LogP contribution in [0, 0.1) is 23.2 Å². The van der Waals surface area contributed by atoms with Gasteiger partial charge in [-0.2, -0.15) is 0 Å². The summed E-state index contributed by atoms with van der Waals surface area (Å²) < 4.78 is 0. The fourth-order valence-electron chi connectivity index (χ4n) is 5.87. The summed E-state index contributed by atoms with van der Waals surface area (Å²) >= 11 is 0. The van der Waals surface area contributed by atoms with E-state index in [1.54, 1.807) is 0 Å². The molecular formula is C15H26N4. The van der Waals surface area contributed by atoms with Gasteiger partial charge in [0.05, 0.1) is 0 Å². The smallest absolute Gasteiger partial charge is 0.188 e. The number of piperazine rings is 1. The predicted molar refractivity (Wildman–Crippen MR) is 76.0 cm³/mol. The summed E-state index contributed by atoms with van der Waals surface area (Å²) in [6.45, 7) is 4.14. The van der Waals surface area contributed by atoms with Crippen LogP contribution in [0.5, 0.6) is 0 Å². The minimum absolute atomic E-state index is 0.255. The lowest BCUT2D eigenvalue weighted by atomic mass is 9.52. The molecule has 0 aromatic carbocycles. The molecule has 5 rings (SSSR count). The van der Waals surface area contributed by atoms with Crippen LogP contribution in [0.1, 0.15) is 38.5 Å². The Morgan fingerprint density at radius 3 is 1.79 bits per heavy atom. The molecule has 5 aliphatic rings. The maximum Gasteiger partial charge on any atom is 0.188 e. The lowest BCUT2D eigenvalue weighted by Gasteiger charge is -2.61. The van der Waals surface area contributed by atoms with Crippen molar-refractivity contribution in [1.29, 1.82) is 5.41 Å². The zero-order valence-corrected chi connectivity index (χ0v) is 11.8. The van der Waals surface area contributed by atoms with E-state index in [0.29, 0.717) is 5.54 Å². The maximum atomic E-state index is 7.56. The van der Waals surface area contributed by atoms with E-state index < -0.39 is 0 Å². The van der Waals surface area contributed by atoms with E-state index in [2.05, 4.69) is 4.90 Å². The number of guanidine groups is 1. The molecule has 3 N–H and O–H groups in total. The van der Waals surface area contributed by atoms with Crippen molar-refractivity contribution in [3.05, 3.63) is 0 Å². The van der Waals surface area contributed by atoms with E-state index in [0.717, 1.165) is 43.9 Å². The summed E-state index contributed by atoms with van der Waals surface area (Å²) in [6, 6.07) is 0. The summed E-state index contributed by atoms with van der Waals surface area (Å²) in [5, 5.41) is 7.56. The van der Waals surface area contributed by atoms with Crippen LogP contribution in [-0.2, 0) is 0 Å². The number of hydrogen-bond donors (Lipinski definition) is 2. The average molecular weight is 262 g/mol. The fourth-order valence-corrected chi connectivity index (χ4v) is 5.87. The second kappa shape index (κ2) is 4.11. The van der Waals surface area contributed by atoms with Gasteiger partial charge in [0.1, 0.15) is 0 Å². The number of nitrogens with zero attached hydrogens (tertiary/aromatic N) is 2. The highest BCUT2D eigenvalue weighted by atomic mass is 15.3. The van der Waals surface area contributed by atoms with Crippen LogP contribution in [-0.4, -0.2) is 47.5 Å². The van der Waals surface area contributed by atoms with Crippen molar-refractivity contribution >= 4 is 5.96 Å². The Morgan fingerprint density at radius 1 is 0.895 bits per heavy atom. The Bertz CT molecular complexity index is 348. The largest absolute Gasteiger partial charge is 0.370 e. The molecule has 4 heteroatoms. The second-order valence-corrected chi connectivity index (χ2v) is 7.50. The van der Waals surface area contributed by atoms with Crippen LogP contribution in [0.25, 0.3) is 0 Å². The summed E-state index contributed by atoms with van der Waals surface area (Å²) in [5.74, 6) is 3.33. The molecule has 0 aromatic heterocycles. The van der Waals surface area contributed by atoms with E-state index in [1.807, 2.05) is 4.90 Å². The molecule has 0 radical (unpaired) electrons. The monoisotopic (exact) mass is 262 g/mol. The lowest BCUT2D eigenvalue weighted by molar-refractivity contribution is -0.0972. The minimum atomic E-state index is 0.255. The SMILES string of the molecule is N=C(N)N1CCN(C23CC4CC(CC(C4)C2)C3)CC1. The highest BCUT2D eigenvalue weighted by Gasteiger charge is 2.53. The van der Waals surface area contributed by atoms with Crippen molar-refractivity contribution in [3.8, 4) is 0 Å². The molecule has 1 aliphatic heterocycles. The third kappa shape index (κ3) is 1.87. The van der Waals surface area contributed by atoms with Crippen molar-refractivity contribution in [1.82, 2.24) is 9.80 Å². The Hall–Kier alpha value is -0.770. The van der Waals surface area contributed by atoms with Gasteiger partial charge in [-0.25, -0.2) is 0 Å². The van der Waals surface area contributed by atoms with Gasteiger partial charge in [0.15, 0.2) is 5.96 Å². The maximum absolute atomic E-state index is 7.56. The van der Waals surface area contributed by atoms with Crippen LogP contribution in [0.15, 0.2) is 0 Å². The van der Waals surface area contributed by atoms with Crippen molar-refractivity contribution in [2.75, 3.05) is 26.2 Å². The first-order valence-corrected chi connectivity index (χ1v) is 7.99. The first-order chi connectivity index (χ1) is 9.14. The van der Waals surface area contributed by atoms with Gasteiger partial charge in [-0.15, -0.1) is 0 Å². The fraction of sp³-hybridized carbons (Fsp3) is 0.933. The molecule has 4 bridgehead atoms. The zero-order chi connectivity index (χ0) is 13.0. The number of hydrogen-bond acceptors (Lipinski definition) is 2. The first-order valence-electron chi connectivity index (χ1n) is 7.99. The Balaban J connectivity index is 1.49. The van der Waals surface area contributed by atoms with Crippen LogP contribution in [0.3, 0.4) is 0 Å². The Kier molecular flexibility index (Phi) is 2.60. The van der Waals surface area contributed by atoms with E-state index in [1.165, 1.54) is 38.5 Å². The van der Waals surface area contributed by atoms with Crippen molar-refractivity contribution in [3.63, 3.8) is 0 Å². The number of rotatable bonds is 1. The third-order valence-electron chi connectivity index (χ3n) is 6.30. The molecule has 0 spiro atoms. The molecule has 0 amide bonds. The third-order valence-corrected chi connectivity index (χ3v) is 6.30. The van der Waals surface area contributed by atoms with Crippen molar-refractivity contribution < 1.29 is 0 Å². The highest BCUT2D eigenvalue weighted by Crippen LogP contribution is 2.57. The summed E-state index contributed by atoms with van der Waals surface area (Å²) in [5.41, 5.74) is 6.15. The van der Waals surface area contributed by atoms with Crippen LogP contribution in [0.2, 0.25) is 0 Å². The Labute approximate surface area is 115 Å². The summed E-state index contributed by atoms with van der Waals surface area (Å²) in [7, 11) is 0. The average Bonchev–Trinajstić information content (AvgIpc) is 2.37. The molecule has 4 nitrogen and oxygen atoms in total. The molecule has 0 aromatic rings. The normalized spacial score (nSPS) is 45.7. The van der Waals surface area contributed by atoms with Gasteiger partial charge in [-0.1, -0.05) is 0 Å². The molecule has 1 saturated heterocycles. The summed E-state index contributed by atoms with van der Waals surface area (Å²) in [4.78, 5) is 4.80. The van der Waals surface area contributed by atoms with Gasteiger partial charge in [0.25, 0.3) is 0 Å². The first kappa shape index (κ1) is 12.0. The van der Waals surface area contributed by atoms with Crippen molar-refractivity contribution in [2.24, 2.45) is 23.5 Å². The number of nitrogens with two attached hydrogens (primary N) is 1. The van der Waals surface area contributed by atoms with Gasteiger partial charge in [-0.05, 0) is 56.3 Å². The summed E-state index contributed by atoms with van der Waals surface area (Å²) in [6.07, 6.45) is 8.93. The highest BCUT2D eigenvalue weighted by molar-refractivity contribution is 5.74. The molecular weight excluding hydrogens is 236 g/mol. The topological polar surface area (TPSA) is 56.4 Å². The zero-order valence-electron chi connectivity index (χ0n) is 11.8. The van der Waals surface area contributed by atoms with Crippen LogP contribution >= 0.6 is 0 Å². The minimum Gasteiger partial charge on any atom is -0.370 e. The molecule has 4 aliphatic carbocycles. The van der Waals surface area contributed by atoms with E-state index in [9.17, 15) is 0 Å².